The van der Waals surface area contributed by atoms with Gasteiger partial charge in [-0.25, -0.2) is 4.98 Å². The van der Waals surface area contributed by atoms with Gasteiger partial charge in [0.15, 0.2) is 0 Å². The van der Waals surface area contributed by atoms with E-state index in [0.29, 0.717) is 28.7 Å². The van der Waals surface area contributed by atoms with E-state index in [1.165, 1.54) is 0 Å². The van der Waals surface area contributed by atoms with Crippen molar-refractivity contribution in [3.8, 4) is 23.1 Å². The van der Waals surface area contributed by atoms with Gasteiger partial charge in [0.1, 0.15) is 17.2 Å². The van der Waals surface area contributed by atoms with Crippen LogP contribution < -0.4 is 14.2 Å². The number of pyridine rings is 1. The molecular weight excluding hydrogens is 270 g/mol. The topological polar surface area (TPSA) is 60.8 Å². The molecule has 0 unspecified atom stereocenters. The minimum absolute atomic E-state index is 0.129. The number of aryl methyl sites for hydroxylation is 2. The predicted molar refractivity (Wildman–Crippen MR) is 79.3 cm³/mol. The summed E-state index contributed by atoms with van der Waals surface area (Å²) in [6, 6.07) is 7.14. The molecule has 2 rings (SSSR count). The maximum absolute atomic E-state index is 9.50. The van der Waals surface area contributed by atoms with Crippen LogP contribution in [0, 0.1) is 13.8 Å². The van der Waals surface area contributed by atoms with Crippen molar-refractivity contribution in [1.82, 2.24) is 4.98 Å². The third-order valence-electron chi connectivity index (χ3n) is 3.14. The van der Waals surface area contributed by atoms with Crippen LogP contribution >= 0.6 is 0 Å². The molecule has 0 aliphatic carbocycles. The van der Waals surface area contributed by atoms with Crippen LogP contribution in [-0.2, 0) is 6.61 Å². The molecule has 5 nitrogen and oxygen atoms in total. The molecule has 0 bridgehead atoms. The number of aliphatic hydroxyl groups is 1. The van der Waals surface area contributed by atoms with E-state index in [0.717, 1.165) is 11.3 Å². The van der Waals surface area contributed by atoms with Crippen molar-refractivity contribution in [1.29, 1.82) is 0 Å². The molecule has 0 atom stereocenters. The fourth-order valence-corrected chi connectivity index (χ4v) is 2.06. The standard InChI is InChI=1S/C16H19NO4/c1-10-5-11(2)17-16(15(10)9-18)21-14-7-12(19-3)6-13(8-14)20-4/h5-8,18H,9H2,1-4H3. The van der Waals surface area contributed by atoms with Crippen molar-refractivity contribution < 1.29 is 19.3 Å². The summed E-state index contributed by atoms with van der Waals surface area (Å²) < 4.78 is 16.2. The quantitative estimate of drug-likeness (QED) is 0.917. The first-order chi connectivity index (χ1) is 10.1. The SMILES string of the molecule is COc1cc(OC)cc(Oc2nc(C)cc(C)c2CO)c1. The third-order valence-corrected chi connectivity index (χ3v) is 3.14. The molecule has 1 aromatic carbocycles. The lowest BCUT2D eigenvalue weighted by atomic mass is 10.1. The van der Waals surface area contributed by atoms with Gasteiger partial charge in [-0.2, -0.15) is 0 Å². The van der Waals surface area contributed by atoms with Crippen LogP contribution in [-0.4, -0.2) is 24.3 Å². The van der Waals surface area contributed by atoms with E-state index < -0.39 is 0 Å². The lowest BCUT2D eigenvalue weighted by Gasteiger charge is -2.13. The number of aromatic nitrogens is 1. The predicted octanol–water partition coefficient (Wildman–Crippen LogP) is 3.00. The van der Waals surface area contributed by atoms with Gasteiger partial charge in [0.2, 0.25) is 5.88 Å². The van der Waals surface area contributed by atoms with Gasteiger partial charge in [-0.1, -0.05) is 0 Å². The number of nitrogens with zero attached hydrogens (tertiary/aromatic N) is 1. The molecule has 0 spiro atoms. The zero-order valence-electron chi connectivity index (χ0n) is 12.6. The highest BCUT2D eigenvalue weighted by molar-refractivity contribution is 5.45. The molecule has 0 amide bonds. The second-order valence-corrected chi connectivity index (χ2v) is 4.67. The van der Waals surface area contributed by atoms with E-state index in [9.17, 15) is 5.11 Å². The second-order valence-electron chi connectivity index (χ2n) is 4.67. The number of aliphatic hydroxyl groups excluding tert-OH is 1. The lowest BCUT2D eigenvalue weighted by Crippen LogP contribution is -2.00. The van der Waals surface area contributed by atoms with Gasteiger partial charge in [0.05, 0.1) is 20.8 Å². The molecule has 1 heterocycles. The van der Waals surface area contributed by atoms with Crippen molar-refractivity contribution in [3.05, 3.63) is 41.1 Å². The molecule has 1 N–H and O–H groups in total. The van der Waals surface area contributed by atoms with E-state index in [1.807, 2.05) is 19.9 Å². The van der Waals surface area contributed by atoms with Crippen LogP contribution in [0.4, 0.5) is 0 Å². The Balaban J connectivity index is 2.42. The molecule has 21 heavy (non-hydrogen) atoms. The Labute approximate surface area is 124 Å². The van der Waals surface area contributed by atoms with E-state index >= 15 is 0 Å². The number of benzene rings is 1. The Morgan fingerprint density at radius 2 is 1.52 bits per heavy atom. The molecule has 5 heteroatoms. The Kier molecular flexibility index (Phi) is 4.65. The minimum atomic E-state index is -0.129. The van der Waals surface area contributed by atoms with Gasteiger partial charge in [-0.3, -0.25) is 0 Å². The zero-order chi connectivity index (χ0) is 15.4. The van der Waals surface area contributed by atoms with Crippen LogP contribution in [0.2, 0.25) is 0 Å². The van der Waals surface area contributed by atoms with Gasteiger partial charge in [0, 0.05) is 29.5 Å². The summed E-state index contributed by atoms with van der Waals surface area (Å²) in [6.45, 7) is 3.67. The van der Waals surface area contributed by atoms with E-state index in [2.05, 4.69) is 4.98 Å². The van der Waals surface area contributed by atoms with Crippen LogP contribution in [0.25, 0.3) is 0 Å². The molecule has 0 aliphatic heterocycles. The second kappa shape index (κ2) is 6.45. The van der Waals surface area contributed by atoms with Crippen LogP contribution in [0.15, 0.2) is 24.3 Å². The van der Waals surface area contributed by atoms with Crippen LogP contribution in [0.1, 0.15) is 16.8 Å². The fraction of sp³-hybridized carbons (Fsp3) is 0.312. The van der Waals surface area contributed by atoms with Crippen molar-refractivity contribution in [2.45, 2.75) is 20.5 Å². The molecule has 0 fully saturated rings. The minimum Gasteiger partial charge on any atom is -0.496 e. The fourth-order valence-electron chi connectivity index (χ4n) is 2.06. The number of hydrogen-bond acceptors (Lipinski definition) is 5. The molecule has 0 aliphatic rings. The van der Waals surface area contributed by atoms with Gasteiger partial charge >= 0.3 is 0 Å². The van der Waals surface area contributed by atoms with Crippen LogP contribution in [0.5, 0.6) is 23.1 Å². The molecule has 2 aromatic rings. The molecule has 112 valence electrons. The smallest absolute Gasteiger partial charge is 0.225 e. The summed E-state index contributed by atoms with van der Waals surface area (Å²) in [5.74, 6) is 2.18. The Hall–Kier alpha value is -2.27. The summed E-state index contributed by atoms with van der Waals surface area (Å²) in [4.78, 5) is 4.35. The average Bonchev–Trinajstić information content (AvgIpc) is 2.46. The number of hydrogen-bond donors (Lipinski definition) is 1. The average molecular weight is 289 g/mol. The first-order valence-electron chi connectivity index (χ1n) is 6.56. The highest BCUT2D eigenvalue weighted by atomic mass is 16.5. The number of rotatable bonds is 5. The number of methoxy groups -OCH3 is 2. The normalized spacial score (nSPS) is 10.3. The maximum atomic E-state index is 9.50. The molecular formula is C16H19NO4. The third kappa shape index (κ3) is 3.44. The highest BCUT2D eigenvalue weighted by Gasteiger charge is 2.12. The van der Waals surface area contributed by atoms with Gasteiger partial charge < -0.3 is 19.3 Å². The largest absolute Gasteiger partial charge is 0.496 e. The number of ether oxygens (including phenoxy) is 3. The van der Waals surface area contributed by atoms with Crippen molar-refractivity contribution in [2.75, 3.05) is 14.2 Å². The van der Waals surface area contributed by atoms with E-state index in [4.69, 9.17) is 14.2 Å². The summed E-state index contributed by atoms with van der Waals surface area (Å²) >= 11 is 0. The lowest BCUT2D eigenvalue weighted by molar-refractivity contribution is 0.274. The Bertz CT molecular complexity index is 618. The Morgan fingerprint density at radius 1 is 0.952 bits per heavy atom. The van der Waals surface area contributed by atoms with Gasteiger partial charge in [-0.15, -0.1) is 0 Å². The molecule has 0 saturated carbocycles. The monoisotopic (exact) mass is 289 g/mol. The summed E-state index contributed by atoms with van der Waals surface area (Å²) in [5, 5.41) is 9.50. The van der Waals surface area contributed by atoms with E-state index in [-0.39, 0.29) is 6.61 Å². The molecule has 1 aromatic heterocycles. The van der Waals surface area contributed by atoms with E-state index in [1.54, 1.807) is 32.4 Å². The van der Waals surface area contributed by atoms with Crippen LogP contribution in [0.3, 0.4) is 0 Å². The van der Waals surface area contributed by atoms with Gasteiger partial charge in [-0.05, 0) is 25.5 Å². The van der Waals surface area contributed by atoms with Crippen molar-refractivity contribution in [3.63, 3.8) is 0 Å². The van der Waals surface area contributed by atoms with Crippen molar-refractivity contribution >= 4 is 0 Å². The van der Waals surface area contributed by atoms with Gasteiger partial charge in [0.25, 0.3) is 0 Å². The van der Waals surface area contributed by atoms with Crippen molar-refractivity contribution in [2.24, 2.45) is 0 Å². The summed E-state index contributed by atoms with van der Waals surface area (Å²) in [6.07, 6.45) is 0. The Morgan fingerprint density at radius 3 is 2.05 bits per heavy atom. The first-order valence-corrected chi connectivity index (χ1v) is 6.56. The first kappa shape index (κ1) is 15.1. The zero-order valence-corrected chi connectivity index (χ0v) is 12.6. The molecule has 0 radical (unpaired) electrons. The maximum Gasteiger partial charge on any atom is 0.225 e. The summed E-state index contributed by atoms with van der Waals surface area (Å²) in [5.41, 5.74) is 2.44. The molecule has 0 saturated heterocycles. The summed E-state index contributed by atoms with van der Waals surface area (Å²) in [7, 11) is 3.15. The highest BCUT2D eigenvalue weighted by Crippen LogP contribution is 2.32.